The smallest absolute Gasteiger partial charge is 0.0403 e. The summed E-state index contributed by atoms with van der Waals surface area (Å²) in [5.41, 5.74) is 9.25. The summed E-state index contributed by atoms with van der Waals surface area (Å²) in [6.45, 7) is 0.250. The fraction of sp³-hybridized carbons (Fsp3) is 1.00. The molecular formula is CH14N2O4. The van der Waals surface area contributed by atoms with Gasteiger partial charge < -0.3 is 33.4 Å². The summed E-state index contributed by atoms with van der Waals surface area (Å²) < 4.78 is 0. The number of hydrogen-bond acceptors (Lipinski definition) is 2. The van der Waals surface area contributed by atoms with E-state index in [2.05, 4.69) is 11.5 Å². The van der Waals surface area contributed by atoms with Crippen LogP contribution >= 0.6 is 0 Å². The first kappa shape index (κ1) is 72.4. The number of nitrogens with two attached hydrogens (primary N) is 2. The molecule has 0 bridgehead atoms. The van der Waals surface area contributed by atoms with Crippen LogP contribution < -0.4 is 11.5 Å². The van der Waals surface area contributed by atoms with Gasteiger partial charge in [0, 0.05) is 6.67 Å². The van der Waals surface area contributed by atoms with E-state index in [9.17, 15) is 0 Å². The zero-order valence-corrected chi connectivity index (χ0v) is 3.86. The maximum Gasteiger partial charge on any atom is 0.0403 e. The van der Waals surface area contributed by atoms with Gasteiger partial charge in [0.1, 0.15) is 0 Å². The van der Waals surface area contributed by atoms with E-state index in [1.165, 1.54) is 0 Å². The SMILES string of the molecule is NCN.O.O.O.O. The summed E-state index contributed by atoms with van der Waals surface area (Å²) in [5.74, 6) is 0. The Hall–Kier alpha value is -0.240. The molecule has 0 aliphatic carbocycles. The second-order valence-corrected chi connectivity index (χ2v) is 0.236. The van der Waals surface area contributed by atoms with Gasteiger partial charge in [-0.15, -0.1) is 0 Å². The van der Waals surface area contributed by atoms with Gasteiger partial charge in [0.2, 0.25) is 0 Å². The minimum Gasteiger partial charge on any atom is -0.412 e. The van der Waals surface area contributed by atoms with Crippen molar-refractivity contribution < 1.29 is 21.9 Å². The Kier molecular flexibility index (Phi) is 2340. The highest BCUT2D eigenvalue weighted by Crippen LogP contribution is 0.861. The molecule has 0 aromatic rings. The molecule has 0 rings (SSSR count). The van der Waals surface area contributed by atoms with E-state index in [0.717, 1.165) is 0 Å². The molecule has 0 unspecified atom stereocenters. The summed E-state index contributed by atoms with van der Waals surface area (Å²) in [6.07, 6.45) is 0. The first-order valence-electron chi connectivity index (χ1n) is 0.816. The molecule has 0 saturated carbocycles. The van der Waals surface area contributed by atoms with Crippen LogP contribution in [0, 0.1) is 0 Å². The molecule has 0 heterocycles. The van der Waals surface area contributed by atoms with Crippen molar-refractivity contribution in [2.75, 3.05) is 6.67 Å². The zero-order valence-electron chi connectivity index (χ0n) is 3.86. The van der Waals surface area contributed by atoms with Gasteiger partial charge >= 0.3 is 0 Å². The molecule has 0 atom stereocenters. The molecule has 12 N–H and O–H groups in total. The molecule has 6 nitrogen and oxygen atoms in total. The monoisotopic (exact) mass is 118 g/mol. The van der Waals surface area contributed by atoms with Gasteiger partial charge in [-0.1, -0.05) is 0 Å². The lowest BCUT2D eigenvalue weighted by atomic mass is 11.3. The molecule has 0 amide bonds. The minimum atomic E-state index is 0. The Labute approximate surface area is 41.3 Å². The third-order valence-corrected chi connectivity index (χ3v) is 0. The van der Waals surface area contributed by atoms with E-state index in [-0.39, 0.29) is 28.6 Å². The van der Waals surface area contributed by atoms with Crippen LogP contribution in [-0.4, -0.2) is 28.6 Å². The predicted octanol–water partition coefficient (Wildman–Crippen LogP) is -4.44. The Balaban J connectivity index is -0.00000000333. The Bertz CT molecular complexity index is 9.65. The number of rotatable bonds is 0. The molecular weight excluding hydrogens is 104 g/mol. The van der Waals surface area contributed by atoms with Gasteiger partial charge in [0.05, 0.1) is 0 Å². The maximum absolute atomic E-state index is 4.62. The van der Waals surface area contributed by atoms with Crippen molar-refractivity contribution in [2.24, 2.45) is 11.5 Å². The van der Waals surface area contributed by atoms with Gasteiger partial charge in [-0.25, -0.2) is 0 Å². The van der Waals surface area contributed by atoms with Crippen LogP contribution in [-0.2, 0) is 0 Å². The van der Waals surface area contributed by atoms with Crippen molar-refractivity contribution in [3.63, 3.8) is 0 Å². The second-order valence-electron chi connectivity index (χ2n) is 0.236. The Morgan fingerprint density at radius 1 is 0.714 bits per heavy atom. The highest BCUT2D eigenvalue weighted by molar-refractivity contribution is 3.94. The first-order chi connectivity index (χ1) is 1.41. The van der Waals surface area contributed by atoms with Crippen molar-refractivity contribution in [2.45, 2.75) is 0 Å². The lowest BCUT2D eigenvalue weighted by Crippen LogP contribution is -2.08. The summed E-state index contributed by atoms with van der Waals surface area (Å²) in [7, 11) is 0. The van der Waals surface area contributed by atoms with Crippen LogP contribution in [0.5, 0.6) is 0 Å². The van der Waals surface area contributed by atoms with Gasteiger partial charge in [0.15, 0.2) is 0 Å². The van der Waals surface area contributed by atoms with Gasteiger partial charge in [0.25, 0.3) is 0 Å². The second kappa shape index (κ2) is 226. The minimum absolute atomic E-state index is 0. The molecule has 52 valence electrons. The standard InChI is InChI=1S/CH6N2.4H2O/c2-1-3;;;;/h1-3H2;4*1H2. The summed E-state index contributed by atoms with van der Waals surface area (Å²) in [6, 6.07) is 0. The molecule has 0 aromatic heterocycles. The van der Waals surface area contributed by atoms with Crippen molar-refractivity contribution in [3.8, 4) is 0 Å². The highest BCUT2D eigenvalue weighted by atomic mass is 16.0. The van der Waals surface area contributed by atoms with E-state index in [0.29, 0.717) is 0 Å². The predicted molar refractivity (Wildman–Crippen MR) is 27.7 cm³/mol. The third kappa shape index (κ3) is 1410. The maximum atomic E-state index is 4.62. The summed E-state index contributed by atoms with van der Waals surface area (Å²) in [5, 5.41) is 0. The Morgan fingerprint density at radius 3 is 0.714 bits per heavy atom. The Morgan fingerprint density at radius 2 is 0.714 bits per heavy atom. The molecule has 7 heavy (non-hydrogen) atoms. The lowest BCUT2D eigenvalue weighted by molar-refractivity contribution is 0.823. The fourth-order valence-electron chi connectivity index (χ4n) is 0. The van der Waals surface area contributed by atoms with E-state index in [4.69, 9.17) is 0 Å². The van der Waals surface area contributed by atoms with Gasteiger partial charge in [-0.2, -0.15) is 0 Å². The van der Waals surface area contributed by atoms with Gasteiger partial charge in [-0.05, 0) is 0 Å². The highest BCUT2D eigenvalue weighted by Gasteiger charge is 1.29. The van der Waals surface area contributed by atoms with Crippen molar-refractivity contribution in [1.82, 2.24) is 0 Å². The third-order valence-electron chi connectivity index (χ3n) is 0. The molecule has 0 aromatic carbocycles. The normalized spacial score (nSPS) is 2.57. The molecule has 0 saturated heterocycles. The van der Waals surface area contributed by atoms with Crippen LogP contribution in [0.2, 0.25) is 0 Å². The lowest BCUT2D eigenvalue weighted by Gasteiger charge is -1.56. The van der Waals surface area contributed by atoms with E-state index < -0.39 is 0 Å². The van der Waals surface area contributed by atoms with Gasteiger partial charge in [-0.3, -0.25) is 0 Å². The quantitative estimate of drug-likeness (QED) is 0.305. The van der Waals surface area contributed by atoms with Crippen LogP contribution in [0.3, 0.4) is 0 Å². The van der Waals surface area contributed by atoms with Crippen LogP contribution in [0.25, 0.3) is 0 Å². The fourth-order valence-corrected chi connectivity index (χ4v) is 0. The average Bonchev–Trinajstić information content (AvgIpc) is 0.918. The van der Waals surface area contributed by atoms with Crippen LogP contribution in [0.1, 0.15) is 0 Å². The molecule has 0 aliphatic heterocycles. The average molecular weight is 118 g/mol. The zero-order chi connectivity index (χ0) is 2.71. The van der Waals surface area contributed by atoms with E-state index in [1.54, 1.807) is 0 Å². The molecule has 6 heteroatoms. The largest absolute Gasteiger partial charge is 0.412 e. The topological polar surface area (TPSA) is 178 Å². The molecule has 0 fully saturated rings. The first-order valence-corrected chi connectivity index (χ1v) is 0.816. The van der Waals surface area contributed by atoms with E-state index in [1.807, 2.05) is 0 Å². The van der Waals surface area contributed by atoms with Crippen molar-refractivity contribution in [1.29, 1.82) is 0 Å². The van der Waals surface area contributed by atoms with Crippen molar-refractivity contribution >= 4 is 0 Å². The summed E-state index contributed by atoms with van der Waals surface area (Å²) >= 11 is 0. The summed E-state index contributed by atoms with van der Waals surface area (Å²) in [4.78, 5) is 0. The van der Waals surface area contributed by atoms with Crippen LogP contribution in [0.4, 0.5) is 0 Å². The molecule has 0 aliphatic rings. The molecule has 0 spiro atoms. The molecule has 0 radical (unpaired) electrons. The van der Waals surface area contributed by atoms with Crippen LogP contribution in [0.15, 0.2) is 0 Å². The van der Waals surface area contributed by atoms with Crippen molar-refractivity contribution in [3.05, 3.63) is 0 Å². The number of hydrogen-bond donors (Lipinski definition) is 2. The van der Waals surface area contributed by atoms with E-state index >= 15 is 0 Å².